The maximum absolute atomic E-state index is 12.8. The molecule has 0 radical (unpaired) electrons. The van der Waals surface area contributed by atoms with E-state index in [1.54, 1.807) is 37.5 Å². The zero-order chi connectivity index (χ0) is 30.3. The summed E-state index contributed by atoms with van der Waals surface area (Å²) in [6, 6.07) is 0. The number of nitrogens with zero attached hydrogens (tertiary/aromatic N) is 1. The summed E-state index contributed by atoms with van der Waals surface area (Å²) in [5.41, 5.74) is 0.565. The minimum atomic E-state index is -0.524. The lowest BCUT2D eigenvalue weighted by molar-refractivity contribution is -0.168. The number of nitrogens with one attached hydrogen (secondary N) is 1. The lowest BCUT2D eigenvalue weighted by Gasteiger charge is -2.37. The lowest BCUT2D eigenvalue weighted by atomic mass is 9.89. The highest BCUT2D eigenvalue weighted by molar-refractivity contribution is 5.82. The Bertz CT molecular complexity index is 1100. The number of aromatic nitrogens is 1. The van der Waals surface area contributed by atoms with Gasteiger partial charge in [0.2, 0.25) is 5.89 Å². The summed E-state index contributed by atoms with van der Waals surface area (Å²) in [6.07, 6.45) is 14.7. The Morgan fingerprint density at radius 1 is 1.07 bits per heavy atom. The van der Waals surface area contributed by atoms with Gasteiger partial charge in [-0.2, -0.15) is 0 Å². The molecule has 11 heteroatoms. The van der Waals surface area contributed by atoms with Crippen molar-refractivity contribution in [3.8, 4) is 0 Å². The van der Waals surface area contributed by atoms with Crippen molar-refractivity contribution >= 4 is 30.2 Å². The zero-order valence-electron chi connectivity index (χ0n) is 25.0. The summed E-state index contributed by atoms with van der Waals surface area (Å²) in [7, 11) is 3.00. The van der Waals surface area contributed by atoms with Gasteiger partial charge in [0.25, 0.3) is 0 Å². The normalized spacial score (nSPS) is 27.4. The van der Waals surface area contributed by atoms with Crippen molar-refractivity contribution in [2.75, 3.05) is 20.8 Å². The quantitative estimate of drug-likeness (QED) is 0.172. The van der Waals surface area contributed by atoms with Gasteiger partial charge in [-0.05, 0) is 37.3 Å². The van der Waals surface area contributed by atoms with Gasteiger partial charge in [0, 0.05) is 39.0 Å². The molecule has 0 unspecified atom stereocenters. The Hall–Kier alpha value is -3.44. The number of hydrogen-bond acceptors (Lipinski definition) is 10. The minimum Gasteiger partial charge on any atom is -0.462 e. The van der Waals surface area contributed by atoms with Gasteiger partial charge < -0.3 is 33.4 Å². The Balaban J connectivity index is 1.53. The molecule has 42 heavy (non-hydrogen) atoms. The molecule has 0 aromatic carbocycles. The number of ether oxygens (including phenoxy) is 5. The monoisotopic (exact) mass is 588 g/mol. The Labute approximate surface area is 247 Å². The summed E-state index contributed by atoms with van der Waals surface area (Å²) in [4.78, 5) is 40.7. The summed E-state index contributed by atoms with van der Waals surface area (Å²) >= 11 is 0. The number of alkyl carbamates (subject to hydrolysis) is 1. The first-order valence-corrected chi connectivity index (χ1v) is 14.6. The molecule has 232 valence electrons. The fourth-order valence-corrected chi connectivity index (χ4v) is 5.31. The lowest BCUT2D eigenvalue weighted by Crippen LogP contribution is -2.41. The molecular formula is C31H44N2O9. The van der Waals surface area contributed by atoms with Crippen LogP contribution >= 0.6 is 0 Å². The van der Waals surface area contributed by atoms with Crippen LogP contribution in [0.1, 0.15) is 76.8 Å². The average Bonchev–Trinajstić information content (AvgIpc) is 3.39. The first-order valence-electron chi connectivity index (χ1n) is 14.6. The molecule has 11 nitrogen and oxygen atoms in total. The number of oxazole rings is 1. The van der Waals surface area contributed by atoms with Gasteiger partial charge in [-0.3, -0.25) is 4.79 Å². The third-order valence-electron chi connectivity index (χ3n) is 7.17. The van der Waals surface area contributed by atoms with Gasteiger partial charge in [0.15, 0.2) is 0 Å². The molecule has 1 N–H and O–H groups in total. The first-order chi connectivity index (χ1) is 20.3. The molecule has 0 saturated carbocycles. The Morgan fingerprint density at radius 2 is 1.88 bits per heavy atom. The maximum atomic E-state index is 12.8. The second-order valence-electron chi connectivity index (χ2n) is 10.8. The molecule has 1 aromatic heterocycles. The number of methoxy groups -OCH3 is 2. The largest absolute Gasteiger partial charge is 0.462 e. The van der Waals surface area contributed by atoms with Crippen molar-refractivity contribution in [3.05, 3.63) is 42.2 Å². The van der Waals surface area contributed by atoms with Crippen molar-refractivity contribution in [1.82, 2.24) is 10.3 Å². The van der Waals surface area contributed by atoms with E-state index in [4.69, 9.17) is 23.4 Å². The van der Waals surface area contributed by atoms with Gasteiger partial charge in [-0.1, -0.05) is 38.5 Å². The van der Waals surface area contributed by atoms with E-state index in [0.717, 1.165) is 25.7 Å². The second kappa shape index (κ2) is 17.5. The van der Waals surface area contributed by atoms with Gasteiger partial charge >= 0.3 is 18.0 Å². The average molecular weight is 589 g/mol. The number of amides is 1. The molecule has 0 aliphatic carbocycles. The van der Waals surface area contributed by atoms with Crippen LogP contribution in [0.2, 0.25) is 0 Å². The summed E-state index contributed by atoms with van der Waals surface area (Å²) in [6.45, 7) is 4.53. The van der Waals surface area contributed by atoms with Crippen molar-refractivity contribution < 1.29 is 42.5 Å². The van der Waals surface area contributed by atoms with Crippen molar-refractivity contribution in [2.24, 2.45) is 5.92 Å². The first kappa shape index (κ1) is 33.1. The van der Waals surface area contributed by atoms with E-state index >= 15 is 0 Å². The van der Waals surface area contributed by atoms with Crippen molar-refractivity contribution in [2.45, 2.75) is 95.7 Å². The molecule has 6 atom stereocenters. The van der Waals surface area contributed by atoms with Gasteiger partial charge in [-0.25, -0.2) is 14.6 Å². The Morgan fingerprint density at radius 3 is 2.64 bits per heavy atom. The number of esters is 2. The molecule has 2 aliphatic heterocycles. The number of carbonyl (C=O) groups excluding carboxylic acids is 3. The predicted octanol–water partition coefficient (Wildman–Crippen LogP) is 5.01. The zero-order valence-corrected chi connectivity index (χ0v) is 25.0. The minimum absolute atomic E-state index is 0.00520. The second-order valence-corrected chi connectivity index (χ2v) is 10.8. The van der Waals surface area contributed by atoms with Crippen LogP contribution in [0.15, 0.2) is 35.0 Å². The van der Waals surface area contributed by atoms with Gasteiger partial charge in [0.05, 0.1) is 31.8 Å². The number of cyclic esters (lactones) is 1. The molecule has 3 heterocycles. The van der Waals surface area contributed by atoms with Crippen LogP contribution in [0.5, 0.6) is 0 Å². The molecule has 2 fully saturated rings. The van der Waals surface area contributed by atoms with Crippen LogP contribution in [0.25, 0.3) is 12.2 Å². The van der Waals surface area contributed by atoms with E-state index in [1.165, 1.54) is 19.4 Å². The molecule has 2 aliphatic rings. The van der Waals surface area contributed by atoms with E-state index < -0.39 is 12.1 Å². The number of allylic oxidation sites excluding steroid dienone is 2. The van der Waals surface area contributed by atoms with Crippen LogP contribution in [0.3, 0.4) is 0 Å². The smallest absolute Gasteiger partial charge is 0.407 e. The molecule has 3 rings (SSSR count). The molecule has 0 spiro atoms. The molecule has 2 saturated heterocycles. The van der Waals surface area contributed by atoms with E-state index in [2.05, 4.69) is 28.9 Å². The van der Waals surface area contributed by atoms with Gasteiger partial charge in [0.1, 0.15) is 24.2 Å². The van der Waals surface area contributed by atoms with E-state index in [1.807, 2.05) is 0 Å². The predicted molar refractivity (Wildman–Crippen MR) is 155 cm³/mol. The fourth-order valence-electron chi connectivity index (χ4n) is 5.31. The number of hydrogen-bond donors (Lipinski definition) is 1. The third kappa shape index (κ3) is 11.8. The fraction of sp³-hybridized carbons (Fsp3) is 0.613. The highest BCUT2D eigenvalue weighted by Gasteiger charge is 2.35. The van der Waals surface area contributed by atoms with E-state index in [9.17, 15) is 14.4 Å². The standard InChI is InChI=1S/C31H44N2O9/c1-5-9-23-16-24(37-3)14-21(2)15-25-17-26(18-27(40-25)19-30(35)41-23)42-29(34)12-7-6-10-22-20-39-28(33-22)11-8-13-32-31(36)38-4/h6-8,10-12,20-21,23-27H,5,9,13-19H2,1-4H3,(H,32,36)/b10-6+,11-8-,12-7+/t21-,23-,24-,25+,26+,27+/m0/s1. The summed E-state index contributed by atoms with van der Waals surface area (Å²) in [5, 5.41) is 2.52. The van der Waals surface area contributed by atoms with Crippen molar-refractivity contribution in [3.63, 3.8) is 0 Å². The SMILES string of the molecule is CCC[C@H]1C[C@@H](OC)C[C@H](C)C[C@@H]2C[C@@H](OC(=O)/C=C/C=C/c3coc(/C=C\CNC(=O)OC)n3)C[C@H](CC(=O)O1)O2. The highest BCUT2D eigenvalue weighted by Crippen LogP contribution is 2.31. The van der Waals surface area contributed by atoms with E-state index in [-0.39, 0.29) is 49.5 Å². The summed E-state index contributed by atoms with van der Waals surface area (Å²) < 4.78 is 33.4. The van der Waals surface area contributed by atoms with Crippen LogP contribution in [0.4, 0.5) is 4.79 Å². The number of rotatable bonds is 10. The third-order valence-corrected chi connectivity index (χ3v) is 7.17. The maximum Gasteiger partial charge on any atom is 0.407 e. The van der Waals surface area contributed by atoms with Crippen LogP contribution in [-0.4, -0.2) is 74.3 Å². The molecule has 2 bridgehead atoms. The molecule has 1 amide bonds. The van der Waals surface area contributed by atoms with E-state index in [0.29, 0.717) is 36.8 Å². The van der Waals surface area contributed by atoms with Crippen molar-refractivity contribution in [1.29, 1.82) is 0 Å². The molecule has 1 aromatic rings. The Kier molecular flexibility index (Phi) is 13.8. The summed E-state index contributed by atoms with van der Waals surface area (Å²) in [5.74, 6) is -0.0510. The van der Waals surface area contributed by atoms with Crippen LogP contribution in [-0.2, 0) is 33.3 Å². The highest BCUT2D eigenvalue weighted by atomic mass is 16.6. The van der Waals surface area contributed by atoms with Crippen LogP contribution in [0, 0.1) is 5.92 Å². The topological polar surface area (TPSA) is 135 Å². The van der Waals surface area contributed by atoms with Gasteiger partial charge in [-0.15, -0.1) is 0 Å². The number of carbonyl (C=O) groups is 3. The number of fused-ring (bicyclic) bond motifs is 2. The molecular weight excluding hydrogens is 544 g/mol. The van der Waals surface area contributed by atoms with Crippen LogP contribution < -0.4 is 5.32 Å².